The Kier molecular flexibility index (Phi) is 4.02. The van der Waals surface area contributed by atoms with Gasteiger partial charge in [0, 0.05) is 5.39 Å². The fourth-order valence-corrected chi connectivity index (χ4v) is 2.75. The summed E-state index contributed by atoms with van der Waals surface area (Å²) in [4.78, 5) is 12.2. The average molecular weight is 306 g/mol. The highest BCUT2D eigenvalue weighted by Gasteiger charge is 2.18. The number of benzene rings is 3. The van der Waals surface area contributed by atoms with Crippen molar-refractivity contribution < 1.29 is 14.6 Å². The molecule has 0 fully saturated rings. The van der Waals surface area contributed by atoms with Crippen LogP contribution in [0.3, 0.4) is 0 Å². The molecule has 0 aliphatic rings. The predicted octanol–water partition coefficient (Wildman–Crippen LogP) is 4.70. The first-order chi connectivity index (χ1) is 11.1. The normalized spacial score (nSPS) is 10.7. The molecule has 3 aromatic rings. The molecule has 0 heterocycles. The number of hydrogen-bond donors (Lipinski definition) is 1. The Morgan fingerprint density at radius 1 is 1.04 bits per heavy atom. The molecule has 23 heavy (non-hydrogen) atoms. The minimum absolute atomic E-state index is 0.0261. The Morgan fingerprint density at radius 3 is 2.48 bits per heavy atom. The van der Waals surface area contributed by atoms with Crippen molar-refractivity contribution in [2.45, 2.75) is 13.8 Å². The van der Waals surface area contributed by atoms with Gasteiger partial charge in [-0.2, -0.15) is 0 Å². The number of esters is 1. The van der Waals surface area contributed by atoms with E-state index in [1.807, 2.05) is 55.5 Å². The van der Waals surface area contributed by atoms with Crippen LogP contribution < -0.4 is 0 Å². The number of rotatable bonds is 3. The second kappa shape index (κ2) is 6.13. The number of carbonyl (C=O) groups is 1. The number of aryl methyl sites for hydroxylation is 1. The first kappa shape index (κ1) is 15.1. The van der Waals surface area contributed by atoms with Crippen LogP contribution in [0.15, 0.2) is 54.6 Å². The lowest BCUT2D eigenvalue weighted by Gasteiger charge is -2.13. The van der Waals surface area contributed by atoms with Gasteiger partial charge in [0.25, 0.3) is 0 Å². The largest absolute Gasteiger partial charge is 0.506 e. The van der Waals surface area contributed by atoms with Crippen molar-refractivity contribution in [2.24, 2.45) is 0 Å². The lowest BCUT2D eigenvalue weighted by atomic mass is 9.93. The summed E-state index contributed by atoms with van der Waals surface area (Å²) in [5.74, 6) is -0.535. The molecule has 3 aromatic carbocycles. The van der Waals surface area contributed by atoms with E-state index in [0.717, 1.165) is 22.1 Å². The minimum Gasteiger partial charge on any atom is -0.506 e. The summed E-state index contributed by atoms with van der Waals surface area (Å²) in [5.41, 5.74) is 3.12. The summed E-state index contributed by atoms with van der Waals surface area (Å²) in [7, 11) is 0. The van der Waals surface area contributed by atoms with Gasteiger partial charge in [0.1, 0.15) is 11.3 Å². The van der Waals surface area contributed by atoms with Gasteiger partial charge in [0.2, 0.25) is 0 Å². The zero-order valence-electron chi connectivity index (χ0n) is 13.2. The highest BCUT2D eigenvalue weighted by molar-refractivity contribution is 6.07. The fourth-order valence-electron chi connectivity index (χ4n) is 2.75. The molecule has 3 nitrogen and oxygen atoms in total. The van der Waals surface area contributed by atoms with E-state index in [2.05, 4.69) is 0 Å². The Morgan fingerprint density at radius 2 is 1.78 bits per heavy atom. The van der Waals surface area contributed by atoms with Crippen molar-refractivity contribution in [3.05, 3.63) is 65.7 Å². The quantitative estimate of drug-likeness (QED) is 0.714. The molecule has 116 valence electrons. The van der Waals surface area contributed by atoms with Crippen LogP contribution in [0.25, 0.3) is 21.9 Å². The van der Waals surface area contributed by atoms with Crippen LogP contribution in [-0.2, 0) is 4.74 Å². The molecule has 0 radical (unpaired) electrons. The lowest BCUT2D eigenvalue weighted by molar-refractivity contribution is 0.0523. The van der Waals surface area contributed by atoms with Crippen LogP contribution in [0.2, 0.25) is 0 Å². The first-order valence-electron chi connectivity index (χ1n) is 7.60. The third kappa shape index (κ3) is 2.78. The Balaban J connectivity index is 2.34. The number of ether oxygens (including phenoxy) is 1. The summed E-state index contributed by atoms with van der Waals surface area (Å²) < 4.78 is 5.08. The number of phenolic OH excluding ortho intramolecular Hbond substituents is 1. The molecular formula is C20H18O3. The maximum Gasteiger partial charge on any atom is 0.341 e. The van der Waals surface area contributed by atoms with Gasteiger partial charge in [-0.05, 0) is 42.5 Å². The molecule has 0 aliphatic carbocycles. The average Bonchev–Trinajstić information content (AvgIpc) is 2.56. The molecule has 0 spiro atoms. The predicted molar refractivity (Wildman–Crippen MR) is 91.7 cm³/mol. The van der Waals surface area contributed by atoms with Crippen molar-refractivity contribution in [3.63, 3.8) is 0 Å². The van der Waals surface area contributed by atoms with Gasteiger partial charge in [0.15, 0.2) is 0 Å². The monoisotopic (exact) mass is 306 g/mol. The van der Waals surface area contributed by atoms with Gasteiger partial charge in [-0.1, -0.05) is 48.0 Å². The first-order valence-corrected chi connectivity index (χ1v) is 7.60. The summed E-state index contributed by atoms with van der Waals surface area (Å²) in [6, 6.07) is 17.4. The van der Waals surface area contributed by atoms with Crippen LogP contribution in [-0.4, -0.2) is 17.7 Å². The van der Waals surface area contributed by atoms with Gasteiger partial charge >= 0.3 is 5.97 Å². The molecule has 3 heteroatoms. The Hall–Kier alpha value is -2.81. The summed E-state index contributed by atoms with van der Waals surface area (Å²) >= 11 is 0. The second-order valence-electron chi connectivity index (χ2n) is 5.46. The zero-order valence-corrected chi connectivity index (χ0v) is 13.2. The van der Waals surface area contributed by atoms with E-state index in [-0.39, 0.29) is 17.9 Å². The molecule has 0 bridgehead atoms. The minimum atomic E-state index is -0.509. The molecule has 0 saturated heterocycles. The van der Waals surface area contributed by atoms with Gasteiger partial charge in [-0.3, -0.25) is 0 Å². The molecule has 0 aliphatic heterocycles. The topological polar surface area (TPSA) is 46.5 Å². The summed E-state index contributed by atoms with van der Waals surface area (Å²) in [5, 5.41) is 12.1. The van der Waals surface area contributed by atoms with Crippen LogP contribution >= 0.6 is 0 Å². The molecular weight excluding hydrogens is 288 g/mol. The van der Waals surface area contributed by atoms with Crippen LogP contribution in [0.5, 0.6) is 5.75 Å². The molecule has 0 saturated carbocycles. The molecule has 0 amide bonds. The van der Waals surface area contributed by atoms with Gasteiger partial charge < -0.3 is 9.84 Å². The van der Waals surface area contributed by atoms with Crippen LogP contribution in [0.4, 0.5) is 0 Å². The lowest BCUT2D eigenvalue weighted by Crippen LogP contribution is -2.05. The molecule has 0 aromatic heterocycles. The number of phenols is 1. The number of aromatic hydroxyl groups is 1. The van der Waals surface area contributed by atoms with Crippen molar-refractivity contribution >= 4 is 16.7 Å². The highest BCUT2D eigenvalue weighted by Crippen LogP contribution is 2.37. The van der Waals surface area contributed by atoms with Crippen LogP contribution in [0.1, 0.15) is 22.8 Å². The number of hydrogen-bond acceptors (Lipinski definition) is 3. The van der Waals surface area contributed by atoms with E-state index in [0.29, 0.717) is 5.39 Å². The second-order valence-corrected chi connectivity index (χ2v) is 5.46. The van der Waals surface area contributed by atoms with Crippen molar-refractivity contribution in [1.82, 2.24) is 0 Å². The standard InChI is InChI=1S/C20H18O3/c1-3-23-20(22)18-12-16(14-7-5-4-6-8-14)15-10-9-13(2)11-17(15)19(18)21/h4-12,21H,3H2,1-2H3. The van der Waals surface area contributed by atoms with E-state index in [9.17, 15) is 9.90 Å². The SMILES string of the molecule is CCOC(=O)c1cc(-c2ccccc2)c2ccc(C)cc2c1O. The zero-order chi connectivity index (χ0) is 16.4. The number of carbonyl (C=O) groups excluding carboxylic acids is 1. The van der Waals surface area contributed by atoms with Crippen LogP contribution in [0, 0.1) is 6.92 Å². The Bertz CT molecular complexity index is 867. The van der Waals surface area contributed by atoms with Gasteiger partial charge in [-0.25, -0.2) is 4.79 Å². The van der Waals surface area contributed by atoms with Crippen molar-refractivity contribution in [2.75, 3.05) is 6.61 Å². The van der Waals surface area contributed by atoms with Crippen molar-refractivity contribution in [1.29, 1.82) is 0 Å². The Labute approximate surface area is 135 Å². The smallest absolute Gasteiger partial charge is 0.341 e. The summed E-state index contributed by atoms with van der Waals surface area (Å²) in [6.07, 6.45) is 0. The van der Waals surface area contributed by atoms with E-state index in [1.54, 1.807) is 13.0 Å². The third-order valence-corrected chi connectivity index (χ3v) is 3.84. The van der Waals surface area contributed by atoms with E-state index >= 15 is 0 Å². The third-order valence-electron chi connectivity index (χ3n) is 3.84. The van der Waals surface area contributed by atoms with Gasteiger partial charge in [-0.15, -0.1) is 0 Å². The summed E-state index contributed by atoms with van der Waals surface area (Å²) in [6.45, 7) is 3.97. The molecule has 3 rings (SSSR count). The van der Waals surface area contributed by atoms with E-state index in [4.69, 9.17) is 4.74 Å². The van der Waals surface area contributed by atoms with E-state index < -0.39 is 5.97 Å². The molecule has 1 N–H and O–H groups in total. The number of fused-ring (bicyclic) bond motifs is 1. The maximum absolute atomic E-state index is 12.2. The fraction of sp³-hybridized carbons (Fsp3) is 0.150. The van der Waals surface area contributed by atoms with Crippen molar-refractivity contribution in [3.8, 4) is 16.9 Å². The molecule has 0 atom stereocenters. The van der Waals surface area contributed by atoms with Gasteiger partial charge in [0.05, 0.1) is 6.61 Å². The molecule has 0 unspecified atom stereocenters. The highest BCUT2D eigenvalue weighted by atomic mass is 16.5. The van der Waals surface area contributed by atoms with E-state index in [1.165, 1.54) is 0 Å². The maximum atomic E-state index is 12.2.